The van der Waals surface area contributed by atoms with Gasteiger partial charge >= 0.3 is 12.1 Å². The molecule has 1 N–H and O–H groups in total. The number of nitrogens with one attached hydrogen (secondary N) is 1. The van der Waals surface area contributed by atoms with Gasteiger partial charge in [0.1, 0.15) is 17.7 Å². The van der Waals surface area contributed by atoms with Crippen LogP contribution in [-0.2, 0) is 29.4 Å². The summed E-state index contributed by atoms with van der Waals surface area (Å²) < 4.78 is 16.5. The Hall–Kier alpha value is -3.91. The molecule has 8 nitrogen and oxygen atoms in total. The number of nitrogens with zero attached hydrogens (tertiary/aromatic N) is 1. The third-order valence-corrected chi connectivity index (χ3v) is 7.79. The zero-order chi connectivity index (χ0) is 30.9. The van der Waals surface area contributed by atoms with E-state index < -0.39 is 41.1 Å². The maximum absolute atomic E-state index is 14.1. The molecule has 42 heavy (non-hydrogen) atoms. The van der Waals surface area contributed by atoms with Crippen molar-refractivity contribution in [2.45, 2.75) is 64.1 Å². The van der Waals surface area contributed by atoms with Gasteiger partial charge < -0.3 is 24.4 Å². The van der Waals surface area contributed by atoms with E-state index in [4.69, 9.17) is 14.2 Å². The Labute approximate surface area is 249 Å². The van der Waals surface area contributed by atoms with Crippen molar-refractivity contribution in [3.63, 3.8) is 0 Å². The Kier molecular flexibility index (Phi) is 11.1. The first-order valence-corrected chi connectivity index (χ1v) is 14.3. The molecule has 0 bridgehead atoms. The summed E-state index contributed by atoms with van der Waals surface area (Å²) in [5.41, 5.74) is 2.28. The van der Waals surface area contributed by atoms with Gasteiger partial charge in [0.05, 0.1) is 20.3 Å². The highest BCUT2D eigenvalue weighted by Gasteiger charge is 2.53. The summed E-state index contributed by atoms with van der Waals surface area (Å²) in [7, 11) is 2.87. The first-order chi connectivity index (χ1) is 20.0. The highest BCUT2D eigenvalue weighted by Crippen LogP contribution is 2.41. The number of carbonyl (C=O) groups is 3. The fourth-order valence-corrected chi connectivity index (χ4v) is 5.35. The fraction of sp³-hybridized carbons (Fsp3) is 0.441. The van der Waals surface area contributed by atoms with Gasteiger partial charge in [-0.05, 0) is 46.9 Å². The van der Waals surface area contributed by atoms with Gasteiger partial charge in [0, 0.05) is 13.5 Å². The lowest BCUT2D eigenvalue weighted by molar-refractivity contribution is -0.152. The molecule has 2 aromatic carbocycles. The number of alkyl carbamates (subject to hydrolysis) is 1. The molecule has 8 heteroatoms. The van der Waals surface area contributed by atoms with Crippen molar-refractivity contribution in [2.24, 2.45) is 5.41 Å². The number of ether oxygens (including phenoxy) is 3. The largest absolute Gasteiger partial charge is 0.467 e. The van der Waals surface area contributed by atoms with Gasteiger partial charge in [-0.1, -0.05) is 88.0 Å². The van der Waals surface area contributed by atoms with Gasteiger partial charge in [-0.25, -0.2) is 9.59 Å². The van der Waals surface area contributed by atoms with Crippen LogP contribution in [0.3, 0.4) is 0 Å². The minimum absolute atomic E-state index is 0.107. The molecule has 0 spiro atoms. The normalized spacial score (nSPS) is 19.1. The van der Waals surface area contributed by atoms with Gasteiger partial charge in [0.25, 0.3) is 0 Å². The van der Waals surface area contributed by atoms with E-state index in [9.17, 15) is 14.4 Å². The number of hydrogen-bond donors (Lipinski definition) is 1. The van der Waals surface area contributed by atoms with Crippen molar-refractivity contribution in [1.29, 1.82) is 0 Å². The minimum atomic E-state index is -0.959. The molecule has 1 saturated heterocycles. The third kappa shape index (κ3) is 7.48. The highest BCUT2D eigenvalue weighted by atomic mass is 16.5. The lowest BCUT2D eigenvalue weighted by atomic mass is 9.85. The summed E-state index contributed by atoms with van der Waals surface area (Å²) in [5, 5.41) is 2.75. The van der Waals surface area contributed by atoms with E-state index in [1.54, 1.807) is 7.11 Å². The molecule has 2 amide bonds. The zero-order valence-electron chi connectivity index (χ0n) is 25.5. The standard InChI is InChI=1S/C34H44N2O6/c1-8-10-11-14-21-42-32(39)35-29(33(3,4)5)30(37)36-23-34(41-7,22-28(36)31(38)40-6)26-19-17-25(18-20-26)27-16-13-12-15-24(27)9-2/h8-9,12-13,15-20,28-29H,1-2,10-11,14,21-23H2,3-7H3,(H,35,39)/t28?,29-,34?/m1/s1. The number of unbranched alkanes of at least 4 members (excludes halogenated alkanes) is 2. The second-order valence-corrected chi connectivity index (χ2v) is 11.6. The quantitative estimate of drug-likeness (QED) is 0.186. The molecule has 3 atom stereocenters. The van der Waals surface area contributed by atoms with Crippen LogP contribution in [0.5, 0.6) is 0 Å². The predicted molar refractivity (Wildman–Crippen MR) is 165 cm³/mol. The zero-order valence-corrected chi connectivity index (χ0v) is 25.5. The monoisotopic (exact) mass is 576 g/mol. The lowest BCUT2D eigenvalue weighted by Gasteiger charge is -2.35. The van der Waals surface area contributed by atoms with Crippen LogP contribution in [0.15, 0.2) is 67.8 Å². The summed E-state index contributed by atoms with van der Waals surface area (Å²) in [6.07, 6.45) is 5.55. The van der Waals surface area contributed by atoms with Crippen LogP contribution in [0.25, 0.3) is 17.2 Å². The molecule has 0 aromatic heterocycles. The number of amides is 2. The molecule has 1 aliphatic rings. The molecular weight excluding hydrogens is 532 g/mol. The van der Waals surface area contributed by atoms with Crippen LogP contribution >= 0.6 is 0 Å². The van der Waals surface area contributed by atoms with Crippen LogP contribution in [0.4, 0.5) is 4.79 Å². The topological polar surface area (TPSA) is 94.2 Å². The average Bonchev–Trinajstić information content (AvgIpc) is 3.40. The summed E-state index contributed by atoms with van der Waals surface area (Å²) in [6, 6.07) is 14.1. The number of esters is 1. The first-order valence-electron chi connectivity index (χ1n) is 14.3. The van der Waals surface area contributed by atoms with Crippen LogP contribution in [0.1, 0.15) is 57.6 Å². The molecule has 226 valence electrons. The van der Waals surface area contributed by atoms with E-state index >= 15 is 0 Å². The van der Waals surface area contributed by atoms with Crippen molar-refractivity contribution in [3.05, 3.63) is 78.9 Å². The molecule has 1 heterocycles. The van der Waals surface area contributed by atoms with Crippen molar-refractivity contribution in [3.8, 4) is 11.1 Å². The number of hydrogen-bond acceptors (Lipinski definition) is 6. The van der Waals surface area contributed by atoms with Gasteiger partial charge in [0.2, 0.25) is 5.91 Å². The molecular formula is C34H44N2O6. The highest BCUT2D eigenvalue weighted by molar-refractivity contribution is 5.91. The first kappa shape index (κ1) is 32.6. The number of carbonyl (C=O) groups excluding carboxylic acids is 3. The van der Waals surface area contributed by atoms with E-state index in [2.05, 4.69) is 18.5 Å². The smallest absolute Gasteiger partial charge is 0.407 e. The van der Waals surface area contributed by atoms with Crippen molar-refractivity contribution in [1.82, 2.24) is 10.2 Å². The van der Waals surface area contributed by atoms with Gasteiger partial charge in [-0.15, -0.1) is 6.58 Å². The maximum atomic E-state index is 14.1. The van der Waals surface area contributed by atoms with E-state index in [0.717, 1.165) is 35.1 Å². The minimum Gasteiger partial charge on any atom is -0.467 e. The Morgan fingerprint density at radius 3 is 2.36 bits per heavy atom. The summed E-state index contributed by atoms with van der Waals surface area (Å²) in [4.78, 5) is 41.2. The number of benzene rings is 2. The molecule has 2 aromatic rings. The van der Waals surface area contributed by atoms with E-state index in [1.165, 1.54) is 12.0 Å². The van der Waals surface area contributed by atoms with E-state index in [-0.39, 0.29) is 19.6 Å². The van der Waals surface area contributed by atoms with Crippen molar-refractivity contribution in [2.75, 3.05) is 27.4 Å². The lowest BCUT2D eigenvalue weighted by Crippen LogP contribution is -2.57. The van der Waals surface area contributed by atoms with Crippen LogP contribution in [-0.4, -0.2) is 62.3 Å². The summed E-state index contributed by atoms with van der Waals surface area (Å²) >= 11 is 0. The Balaban J connectivity index is 1.88. The van der Waals surface area contributed by atoms with Crippen LogP contribution in [0.2, 0.25) is 0 Å². The molecule has 2 unspecified atom stereocenters. The predicted octanol–water partition coefficient (Wildman–Crippen LogP) is 6.11. The molecule has 0 saturated carbocycles. The fourth-order valence-electron chi connectivity index (χ4n) is 5.35. The number of methoxy groups -OCH3 is 2. The Morgan fingerprint density at radius 2 is 1.76 bits per heavy atom. The van der Waals surface area contributed by atoms with Gasteiger partial charge in [-0.2, -0.15) is 0 Å². The maximum Gasteiger partial charge on any atom is 0.407 e. The summed E-state index contributed by atoms with van der Waals surface area (Å²) in [6.45, 7) is 13.5. The van der Waals surface area contributed by atoms with Crippen LogP contribution < -0.4 is 5.32 Å². The van der Waals surface area contributed by atoms with E-state index in [0.29, 0.717) is 6.42 Å². The second kappa shape index (κ2) is 14.3. The van der Waals surface area contributed by atoms with Crippen LogP contribution in [0, 0.1) is 5.41 Å². The molecule has 1 fully saturated rings. The molecule has 0 aliphatic carbocycles. The number of likely N-dealkylation sites (tertiary alicyclic amines) is 1. The third-order valence-electron chi connectivity index (χ3n) is 7.79. The summed E-state index contributed by atoms with van der Waals surface area (Å²) in [5.74, 6) is -0.951. The van der Waals surface area contributed by atoms with Gasteiger partial charge in [0.15, 0.2) is 0 Å². The number of allylic oxidation sites excluding steroid dienone is 1. The van der Waals surface area contributed by atoms with E-state index in [1.807, 2.05) is 81.5 Å². The molecule has 0 radical (unpaired) electrons. The van der Waals surface area contributed by atoms with Gasteiger partial charge in [-0.3, -0.25) is 4.79 Å². The average molecular weight is 577 g/mol. The SMILES string of the molecule is C=CCCCCOC(=O)N[C@H](C(=O)N1CC(OC)(c2ccc(-c3ccccc3C=C)cc2)CC1C(=O)OC)C(C)(C)C. The Morgan fingerprint density at radius 1 is 1.07 bits per heavy atom. The molecule has 3 rings (SSSR count). The Bertz CT molecular complexity index is 1270. The number of rotatable bonds is 12. The molecule has 1 aliphatic heterocycles. The van der Waals surface area contributed by atoms with Crippen molar-refractivity contribution >= 4 is 24.0 Å². The second-order valence-electron chi connectivity index (χ2n) is 11.6. The van der Waals surface area contributed by atoms with Crippen molar-refractivity contribution < 1.29 is 28.6 Å².